The predicted octanol–water partition coefficient (Wildman–Crippen LogP) is -0.393. The van der Waals surface area contributed by atoms with Crippen molar-refractivity contribution in [3.63, 3.8) is 0 Å². The van der Waals surface area contributed by atoms with E-state index in [0.29, 0.717) is 5.56 Å². The van der Waals surface area contributed by atoms with Gasteiger partial charge in [0, 0.05) is 31.5 Å². The molecule has 1 fully saturated rings. The number of amides is 3. The highest BCUT2D eigenvalue weighted by atomic mass is 16.4. The third-order valence-corrected chi connectivity index (χ3v) is 3.77. The van der Waals surface area contributed by atoms with Crippen molar-refractivity contribution in [2.75, 3.05) is 13.1 Å². The average Bonchev–Trinajstić information content (AvgIpc) is 2.97. The van der Waals surface area contributed by atoms with Crippen molar-refractivity contribution in [3.8, 4) is 0 Å². The lowest BCUT2D eigenvalue weighted by Crippen LogP contribution is -2.45. The van der Waals surface area contributed by atoms with Gasteiger partial charge in [-0.05, 0) is 12.1 Å². The molecule has 2 rings (SSSR count). The molecule has 8 heteroatoms. The minimum atomic E-state index is -1.14. The predicted molar refractivity (Wildman–Crippen MR) is 84.1 cm³/mol. The zero-order valence-electron chi connectivity index (χ0n) is 13.2. The Morgan fingerprint density at radius 2 is 1.88 bits per heavy atom. The summed E-state index contributed by atoms with van der Waals surface area (Å²) in [5, 5.41) is 14.4. The highest BCUT2D eigenvalue weighted by Crippen LogP contribution is 2.19. The van der Waals surface area contributed by atoms with Crippen LogP contribution in [0.3, 0.4) is 0 Å². The summed E-state index contributed by atoms with van der Waals surface area (Å²) in [5.41, 5.74) is 0.465. The fourth-order valence-corrected chi connectivity index (χ4v) is 2.61. The smallest absolute Gasteiger partial charge is 0.326 e. The summed E-state index contributed by atoms with van der Waals surface area (Å²) in [6.45, 7) is 1.10. The maximum absolute atomic E-state index is 12.1. The highest BCUT2D eigenvalue weighted by molar-refractivity contribution is 5.94. The second kappa shape index (κ2) is 7.58. The molecule has 0 bridgehead atoms. The molecule has 0 radical (unpaired) electrons. The van der Waals surface area contributed by atoms with Gasteiger partial charge in [0.1, 0.15) is 6.04 Å². The molecule has 0 aliphatic carbocycles. The van der Waals surface area contributed by atoms with Crippen LogP contribution >= 0.6 is 0 Å². The maximum atomic E-state index is 12.1. The third-order valence-electron chi connectivity index (χ3n) is 3.77. The molecule has 1 saturated heterocycles. The van der Waals surface area contributed by atoms with E-state index in [4.69, 9.17) is 0 Å². The van der Waals surface area contributed by atoms with Gasteiger partial charge in [-0.1, -0.05) is 18.2 Å². The fraction of sp³-hybridized carbons (Fsp3) is 0.375. The van der Waals surface area contributed by atoms with Crippen LogP contribution in [0.15, 0.2) is 30.3 Å². The number of rotatable bonds is 5. The number of hydrogen-bond acceptors (Lipinski definition) is 4. The summed E-state index contributed by atoms with van der Waals surface area (Å²) < 4.78 is 0. The number of carboxylic acids is 1. The van der Waals surface area contributed by atoms with E-state index in [0.717, 1.165) is 0 Å². The summed E-state index contributed by atoms with van der Waals surface area (Å²) in [7, 11) is 0. The maximum Gasteiger partial charge on any atom is 0.326 e. The molecule has 0 unspecified atom stereocenters. The Morgan fingerprint density at radius 1 is 1.21 bits per heavy atom. The summed E-state index contributed by atoms with van der Waals surface area (Å²) >= 11 is 0. The van der Waals surface area contributed by atoms with Crippen molar-refractivity contribution < 1.29 is 24.3 Å². The molecular weight excluding hydrogens is 314 g/mol. The molecule has 1 aliphatic heterocycles. The fourth-order valence-electron chi connectivity index (χ4n) is 2.61. The van der Waals surface area contributed by atoms with Gasteiger partial charge in [-0.2, -0.15) is 0 Å². The molecule has 0 spiro atoms. The van der Waals surface area contributed by atoms with Gasteiger partial charge in [0.05, 0.1) is 6.54 Å². The summed E-state index contributed by atoms with van der Waals surface area (Å²) in [5.74, 6) is -2.32. The first-order valence-corrected chi connectivity index (χ1v) is 7.51. The van der Waals surface area contributed by atoms with Gasteiger partial charge in [0.25, 0.3) is 5.91 Å². The van der Waals surface area contributed by atoms with E-state index in [1.54, 1.807) is 30.3 Å². The summed E-state index contributed by atoms with van der Waals surface area (Å²) in [6.07, 6.45) is 0.125. The number of nitrogens with one attached hydrogen (secondary N) is 2. The molecule has 2 atom stereocenters. The molecule has 3 N–H and O–H groups in total. The lowest BCUT2D eigenvalue weighted by Gasteiger charge is -2.21. The van der Waals surface area contributed by atoms with Crippen LogP contribution in [0.5, 0.6) is 0 Å². The second-order valence-corrected chi connectivity index (χ2v) is 5.58. The number of aliphatic carboxylic acids is 1. The van der Waals surface area contributed by atoms with E-state index in [1.807, 2.05) is 0 Å². The first kappa shape index (κ1) is 17.5. The molecule has 1 aliphatic rings. The van der Waals surface area contributed by atoms with Crippen molar-refractivity contribution >= 4 is 23.7 Å². The van der Waals surface area contributed by atoms with Crippen molar-refractivity contribution in [1.29, 1.82) is 0 Å². The van der Waals surface area contributed by atoms with Crippen molar-refractivity contribution in [1.82, 2.24) is 15.5 Å². The number of hydrogen-bond donors (Lipinski definition) is 3. The van der Waals surface area contributed by atoms with Gasteiger partial charge in [0.2, 0.25) is 11.8 Å². The normalized spacial score (nSPS) is 19.6. The first-order valence-electron chi connectivity index (χ1n) is 7.51. The first-order chi connectivity index (χ1) is 11.4. The van der Waals surface area contributed by atoms with Crippen molar-refractivity contribution in [2.45, 2.75) is 25.4 Å². The topological polar surface area (TPSA) is 116 Å². The molecule has 1 heterocycles. The van der Waals surface area contributed by atoms with Crippen LogP contribution in [-0.4, -0.2) is 58.9 Å². The highest BCUT2D eigenvalue weighted by Gasteiger charge is 2.40. The van der Waals surface area contributed by atoms with Crippen LogP contribution in [0, 0.1) is 0 Å². The molecule has 0 aromatic heterocycles. The standard InChI is InChI=1S/C16H19N3O5/c1-10(20)17-8-14(21)19-9-12(7-13(19)16(23)24)18-15(22)11-5-3-2-4-6-11/h2-6,12-13H,7-9H2,1H3,(H,17,20)(H,18,22)(H,23,24)/t12-,13+/m1/s1. The number of benzene rings is 1. The molecule has 1 aromatic rings. The van der Waals surface area contributed by atoms with E-state index in [1.165, 1.54) is 11.8 Å². The van der Waals surface area contributed by atoms with Crippen molar-refractivity contribution in [2.24, 2.45) is 0 Å². The van der Waals surface area contributed by atoms with Gasteiger partial charge in [-0.25, -0.2) is 4.79 Å². The Kier molecular flexibility index (Phi) is 5.51. The minimum absolute atomic E-state index is 0.0912. The SMILES string of the molecule is CC(=O)NCC(=O)N1C[C@H](NC(=O)c2ccccc2)C[C@H]1C(=O)O. The Hall–Kier alpha value is -2.90. The summed E-state index contributed by atoms with van der Waals surface area (Å²) in [4.78, 5) is 47.7. The van der Waals surface area contributed by atoms with Gasteiger partial charge in [-0.3, -0.25) is 14.4 Å². The van der Waals surface area contributed by atoms with Gasteiger partial charge in [0.15, 0.2) is 0 Å². The number of likely N-dealkylation sites (tertiary alicyclic amines) is 1. The van der Waals surface area contributed by atoms with E-state index in [2.05, 4.69) is 10.6 Å². The molecule has 8 nitrogen and oxygen atoms in total. The zero-order chi connectivity index (χ0) is 17.7. The minimum Gasteiger partial charge on any atom is -0.480 e. The molecule has 24 heavy (non-hydrogen) atoms. The number of carbonyl (C=O) groups is 4. The van der Waals surface area contributed by atoms with E-state index < -0.39 is 24.0 Å². The van der Waals surface area contributed by atoms with E-state index >= 15 is 0 Å². The van der Waals surface area contributed by atoms with Gasteiger partial charge < -0.3 is 20.6 Å². The van der Waals surface area contributed by atoms with Crippen LogP contribution in [0.2, 0.25) is 0 Å². The lowest BCUT2D eigenvalue weighted by molar-refractivity contribution is -0.148. The van der Waals surface area contributed by atoms with Crippen LogP contribution in [-0.2, 0) is 14.4 Å². The van der Waals surface area contributed by atoms with E-state index in [9.17, 15) is 24.3 Å². The Balaban J connectivity index is 2.01. The van der Waals surface area contributed by atoms with Crippen LogP contribution in [0.25, 0.3) is 0 Å². The third kappa shape index (κ3) is 4.31. The Bertz CT molecular complexity index is 646. The largest absolute Gasteiger partial charge is 0.480 e. The molecule has 3 amide bonds. The lowest BCUT2D eigenvalue weighted by atomic mass is 10.1. The second-order valence-electron chi connectivity index (χ2n) is 5.58. The van der Waals surface area contributed by atoms with E-state index in [-0.39, 0.29) is 31.3 Å². The number of nitrogens with zero attached hydrogens (tertiary/aromatic N) is 1. The van der Waals surface area contributed by atoms with Gasteiger partial charge in [-0.15, -0.1) is 0 Å². The van der Waals surface area contributed by atoms with Crippen molar-refractivity contribution in [3.05, 3.63) is 35.9 Å². The Labute approximate surface area is 138 Å². The zero-order valence-corrected chi connectivity index (χ0v) is 13.2. The monoisotopic (exact) mass is 333 g/mol. The Morgan fingerprint density at radius 3 is 2.46 bits per heavy atom. The molecule has 128 valence electrons. The van der Waals surface area contributed by atoms with Crippen LogP contribution < -0.4 is 10.6 Å². The van der Waals surface area contributed by atoms with Crippen LogP contribution in [0.4, 0.5) is 0 Å². The van der Waals surface area contributed by atoms with Gasteiger partial charge >= 0.3 is 5.97 Å². The average molecular weight is 333 g/mol. The quantitative estimate of drug-likeness (QED) is 0.678. The number of carbonyl (C=O) groups excluding carboxylic acids is 3. The molecule has 0 saturated carbocycles. The number of carboxylic acid groups (broad SMARTS) is 1. The molecular formula is C16H19N3O5. The summed E-state index contributed by atoms with van der Waals surface area (Å²) in [6, 6.07) is 7.07. The van der Waals surface area contributed by atoms with Crippen LogP contribution in [0.1, 0.15) is 23.7 Å². The molecule has 1 aromatic carbocycles.